The molecule has 2 aromatic rings. The number of hydrogen-bond donors (Lipinski definition) is 2. The first kappa shape index (κ1) is 12.8. The smallest absolute Gasteiger partial charge is 0.188 e. The van der Waals surface area contributed by atoms with Crippen LogP contribution in [0.2, 0.25) is 0 Å². The van der Waals surface area contributed by atoms with Crippen molar-refractivity contribution in [2.24, 2.45) is 10.9 Å². The van der Waals surface area contributed by atoms with Crippen LogP contribution in [0.15, 0.2) is 41.7 Å². The monoisotopic (exact) mass is 261 g/mol. The largest absolute Gasteiger partial charge is 0.456 e. The van der Waals surface area contributed by atoms with Crippen molar-refractivity contribution in [3.05, 3.63) is 53.6 Å². The van der Waals surface area contributed by atoms with Gasteiger partial charge >= 0.3 is 0 Å². The first-order valence-corrected chi connectivity index (χ1v) is 5.48. The number of rotatable bonds is 3. The second-order valence-electron chi connectivity index (χ2n) is 3.88. The third kappa shape index (κ3) is 2.98. The minimum absolute atomic E-state index is 0.0899. The summed E-state index contributed by atoms with van der Waals surface area (Å²) in [7, 11) is 0. The zero-order chi connectivity index (χ0) is 13.8. The van der Waals surface area contributed by atoms with E-state index < -0.39 is 0 Å². The number of oxime groups is 1. The third-order valence-electron chi connectivity index (χ3n) is 2.49. The van der Waals surface area contributed by atoms with Gasteiger partial charge in [-0.3, -0.25) is 0 Å². The van der Waals surface area contributed by atoms with Crippen molar-refractivity contribution < 1.29 is 14.3 Å². The molecule has 6 heteroatoms. The summed E-state index contributed by atoms with van der Waals surface area (Å²) >= 11 is 0. The number of pyridine rings is 1. The van der Waals surface area contributed by atoms with E-state index in [4.69, 9.17) is 15.7 Å². The molecule has 0 saturated carbocycles. The summed E-state index contributed by atoms with van der Waals surface area (Å²) in [5.41, 5.74) is 6.25. The van der Waals surface area contributed by atoms with Crippen LogP contribution < -0.4 is 10.5 Å². The summed E-state index contributed by atoms with van der Waals surface area (Å²) in [5, 5.41) is 11.3. The quantitative estimate of drug-likeness (QED) is 0.385. The normalized spacial score (nSPS) is 11.4. The van der Waals surface area contributed by atoms with Crippen molar-refractivity contribution in [1.82, 2.24) is 4.98 Å². The summed E-state index contributed by atoms with van der Waals surface area (Å²) in [6.45, 7) is 1.67. The molecule has 0 saturated heterocycles. The molecule has 0 aliphatic heterocycles. The van der Waals surface area contributed by atoms with Gasteiger partial charge in [0.2, 0.25) is 0 Å². The molecule has 0 aliphatic carbocycles. The van der Waals surface area contributed by atoms with E-state index in [2.05, 4.69) is 10.1 Å². The third-order valence-corrected chi connectivity index (χ3v) is 2.49. The van der Waals surface area contributed by atoms with Gasteiger partial charge in [0.25, 0.3) is 0 Å². The van der Waals surface area contributed by atoms with Crippen LogP contribution in [0, 0.1) is 12.7 Å². The lowest BCUT2D eigenvalue weighted by Crippen LogP contribution is -2.14. The maximum Gasteiger partial charge on any atom is 0.188 e. The lowest BCUT2D eigenvalue weighted by atomic mass is 10.2. The van der Waals surface area contributed by atoms with Crippen LogP contribution in [0.4, 0.5) is 4.39 Å². The van der Waals surface area contributed by atoms with Crippen LogP contribution in [0.25, 0.3) is 0 Å². The summed E-state index contributed by atoms with van der Waals surface area (Å²) in [5.74, 6) is 0.380. The standard InChI is InChI=1S/C13H12FN3O2/c1-8-2-3-9(6-11(8)14)19-10-4-5-12(16-7-10)13(15)17-18/h2-7,18H,1H3,(H2,15,17). The molecule has 0 aliphatic rings. The maximum atomic E-state index is 13.3. The number of aromatic nitrogens is 1. The van der Waals surface area contributed by atoms with Crippen molar-refractivity contribution in [1.29, 1.82) is 0 Å². The fourth-order valence-corrected chi connectivity index (χ4v) is 1.42. The van der Waals surface area contributed by atoms with Crippen molar-refractivity contribution in [2.45, 2.75) is 6.92 Å². The fourth-order valence-electron chi connectivity index (χ4n) is 1.42. The van der Waals surface area contributed by atoms with Crippen molar-refractivity contribution in [3.8, 4) is 11.5 Å². The molecular formula is C13H12FN3O2. The maximum absolute atomic E-state index is 13.3. The van der Waals surface area contributed by atoms with Crippen LogP contribution in [0.3, 0.4) is 0 Å². The molecule has 0 amide bonds. The molecule has 3 N–H and O–H groups in total. The summed E-state index contributed by atoms with van der Waals surface area (Å²) in [4.78, 5) is 3.95. The van der Waals surface area contributed by atoms with E-state index >= 15 is 0 Å². The van der Waals surface area contributed by atoms with Gasteiger partial charge in [0, 0.05) is 6.07 Å². The Balaban J connectivity index is 2.17. The highest BCUT2D eigenvalue weighted by molar-refractivity contribution is 5.95. The van der Waals surface area contributed by atoms with E-state index in [-0.39, 0.29) is 11.7 Å². The molecule has 1 aromatic carbocycles. The first-order chi connectivity index (χ1) is 9.10. The molecule has 0 radical (unpaired) electrons. The number of hydrogen-bond acceptors (Lipinski definition) is 4. The summed E-state index contributed by atoms with van der Waals surface area (Å²) < 4.78 is 18.8. The minimum Gasteiger partial charge on any atom is -0.456 e. The van der Waals surface area contributed by atoms with E-state index in [1.165, 1.54) is 18.3 Å². The Morgan fingerprint density at radius 1 is 1.32 bits per heavy atom. The molecule has 19 heavy (non-hydrogen) atoms. The summed E-state index contributed by atoms with van der Waals surface area (Å²) in [6.07, 6.45) is 1.41. The van der Waals surface area contributed by atoms with Gasteiger partial charge in [-0.2, -0.15) is 0 Å². The van der Waals surface area contributed by atoms with Gasteiger partial charge < -0.3 is 15.7 Å². The van der Waals surface area contributed by atoms with Crippen molar-refractivity contribution in [2.75, 3.05) is 0 Å². The van der Waals surface area contributed by atoms with Crippen LogP contribution in [-0.2, 0) is 0 Å². The average molecular weight is 261 g/mol. The number of nitrogens with zero attached hydrogens (tertiary/aromatic N) is 2. The van der Waals surface area contributed by atoms with Crippen LogP contribution in [-0.4, -0.2) is 16.0 Å². The van der Waals surface area contributed by atoms with Gasteiger partial charge in [-0.15, -0.1) is 0 Å². The van der Waals surface area contributed by atoms with Gasteiger partial charge in [0.15, 0.2) is 5.84 Å². The molecule has 5 nitrogen and oxygen atoms in total. The Hall–Kier alpha value is -2.63. The van der Waals surface area contributed by atoms with Gasteiger partial charge in [0.05, 0.1) is 6.20 Å². The number of nitrogens with two attached hydrogens (primary N) is 1. The molecule has 0 fully saturated rings. The number of ether oxygens (including phenoxy) is 1. The molecule has 1 aromatic heterocycles. The zero-order valence-electron chi connectivity index (χ0n) is 10.2. The predicted molar refractivity (Wildman–Crippen MR) is 68.0 cm³/mol. The van der Waals surface area contributed by atoms with E-state index in [9.17, 15) is 4.39 Å². The van der Waals surface area contributed by atoms with E-state index in [1.54, 1.807) is 25.1 Å². The Bertz CT molecular complexity index is 612. The zero-order valence-corrected chi connectivity index (χ0v) is 10.2. The SMILES string of the molecule is Cc1ccc(Oc2ccc(/C(N)=N/O)nc2)cc1F. The lowest BCUT2D eigenvalue weighted by Gasteiger charge is -2.06. The Kier molecular flexibility index (Phi) is 3.61. The Labute approximate surface area is 109 Å². The molecule has 2 rings (SSSR count). The predicted octanol–water partition coefficient (Wildman–Crippen LogP) is 2.42. The molecule has 0 spiro atoms. The minimum atomic E-state index is -0.335. The second kappa shape index (κ2) is 5.34. The Morgan fingerprint density at radius 3 is 2.63 bits per heavy atom. The van der Waals surface area contributed by atoms with Gasteiger partial charge in [-0.05, 0) is 30.7 Å². The Morgan fingerprint density at radius 2 is 2.05 bits per heavy atom. The topological polar surface area (TPSA) is 80.7 Å². The molecule has 0 bridgehead atoms. The van der Waals surface area contributed by atoms with E-state index in [0.29, 0.717) is 22.8 Å². The highest BCUT2D eigenvalue weighted by atomic mass is 19.1. The van der Waals surface area contributed by atoms with Gasteiger partial charge in [0.1, 0.15) is 23.0 Å². The molecule has 0 atom stereocenters. The second-order valence-corrected chi connectivity index (χ2v) is 3.88. The lowest BCUT2D eigenvalue weighted by molar-refractivity contribution is 0.318. The number of amidine groups is 1. The highest BCUT2D eigenvalue weighted by Gasteiger charge is 2.04. The van der Waals surface area contributed by atoms with Crippen LogP contribution >= 0.6 is 0 Å². The summed E-state index contributed by atoms with van der Waals surface area (Å²) in [6, 6.07) is 7.72. The fraction of sp³-hybridized carbons (Fsp3) is 0.0769. The van der Waals surface area contributed by atoms with Crippen LogP contribution in [0.5, 0.6) is 11.5 Å². The van der Waals surface area contributed by atoms with Gasteiger partial charge in [-0.25, -0.2) is 9.37 Å². The van der Waals surface area contributed by atoms with Crippen LogP contribution in [0.1, 0.15) is 11.3 Å². The molecular weight excluding hydrogens is 249 g/mol. The average Bonchev–Trinajstić information content (AvgIpc) is 2.43. The number of benzene rings is 1. The molecule has 1 heterocycles. The highest BCUT2D eigenvalue weighted by Crippen LogP contribution is 2.22. The van der Waals surface area contributed by atoms with Gasteiger partial charge in [-0.1, -0.05) is 11.2 Å². The van der Waals surface area contributed by atoms with Crippen molar-refractivity contribution >= 4 is 5.84 Å². The first-order valence-electron chi connectivity index (χ1n) is 5.48. The van der Waals surface area contributed by atoms with Crippen molar-refractivity contribution in [3.63, 3.8) is 0 Å². The molecule has 0 unspecified atom stereocenters. The number of aryl methyl sites for hydroxylation is 1. The van der Waals surface area contributed by atoms with E-state index in [1.807, 2.05) is 0 Å². The van der Waals surface area contributed by atoms with E-state index in [0.717, 1.165) is 0 Å². The number of halogens is 1. The molecule has 98 valence electrons.